The quantitative estimate of drug-likeness (QED) is 0.0211. The topological polar surface area (TPSA) is 108 Å². The summed E-state index contributed by atoms with van der Waals surface area (Å²) in [5, 5.41) is 0. The molecule has 0 radical (unpaired) electrons. The van der Waals surface area contributed by atoms with Crippen LogP contribution in [0.1, 0.15) is 277 Å². The van der Waals surface area contributed by atoms with Crippen molar-refractivity contribution in [3.63, 3.8) is 0 Å². The molecule has 396 valence electrons. The molecule has 2 atom stereocenters. The third kappa shape index (κ3) is 53.7. The first-order valence-electron chi connectivity index (χ1n) is 28.6. The summed E-state index contributed by atoms with van der Waals surface area (Å²) in [6.45, 7) is 4.46. The second-order valence-corrected chi connectivity index (χ2v) is 22.1. The van der Waals surface area contributed by atoms with Crippen LogP contribution >= 0.6 is 7.82 Å². The lowest BCUT2D eigenvalue weighted by atomic mass is 10.0. The number of unbranched alkanes of at least 4 members (excludes halogenated alkanes) is 35. The lowest BCUT2D eigenvalue weighted by Crippen LogP contribution is -2.37. The predicted octanol–water partition coefficient (Wildman–Crippen LogP) is 17.4. The number of allylic oxidation sites excluding steroid dienone is 4. The Hall–Kier alpha value is -1.51. The fourth-order valence-electron chi connectivity index (χ4n) is 8.24. The molecule has 0 heterocycles. The standard InChI is InChI=1S/C57H110NO8P/c1-6-8-10-12-14-16-18-20-22-24-25-26-27-28-29-30-31-32-33-34-36-38-40-42-44-46-48-50-57(60)66-55(54-65-67(61,62)64-52-51-58(3,4)5)53-63-56(59)49-47-45-43-41-39-37-35-23-21-19-17-15-13-11-9-7-2/h23-25,35,55H,6-22,26-34,36-54H2,1-5H3/p+1/b25-24-,35-23-. The number of carbonyl (C=O) groups is 2. The lowest BCUT2D eigenvalue weighted by Gasteiger charge is -2.24. The summed E-state index contributed by atoms with van der Waals surface area (Å²) in [7, 11) is 1.48. The van der Waals surface area contributed by atoms with E-state index < -0.39 is 26.5 Å². The Morgan fingerprint density at radius 1 is 0.448 bits per heavy atom. The van der Waals surface area contributed by atoms with Crippen LogP contribution in [-0.4, -0.2) is 74.9 Å². The smallest absolute Gasteiger partial charge is 0.462 e. The number of quaternary nitrogens is 1. The summed E-state index contributed by atoms with van der Waals surface area (Å²) in [4.78, 5) is 35.6. The van der Waals surface area contributed by atoms with Crippen molar-refractivity contribution in [2.45, 2.75) is 283 Å². The molecule has 9 nitrogen and oxygen atoms in total. The van der Waals surface area contributed by atoms with E-state index in [0.29, 0.717) is 17.4 Å². The molecule has 0 bridgehead atoms. The first kappa shape index (κ1) is 65.5. The SMILES string of the molecule is CCCCCCCCC/C=C\CCCCCCCC(=O)OCC(COP(=O)(O)OCC[N+](C)(C)C)OC(=O)CCCCCCCCCCCCCCCCC/C=C\CCCCCCCCCC. The number of rotatable bonds is 53. The van der Waals surface area contributed by atoms with E-state index in [0.717, 1.165) is 51.4 Å². The van der Waals surface area contributed by atoms with Crippen LogP contribution < -0.4 is 0 Å². The van der Waals surface area contributed by atoms with Crippen LogP contribution in [0.15, 0.2) is 24.3 Å². The van der Waals surface area contributed by atoms with Gasteiger partial charge >= 0.3 is 19.8 Å². The lowest BCUT2D eigenvalue weighted by molar-refractivity contribution is -0.870. The molecule has 10 heteroatoms. The highest BCUT2D eigenvalue weighted by Crippen LogP contribution is 2.43. The Bertz CT molecular complexity index is 1190. The molecule has 0 fully saturated rings. The zero-order chi connectivity index (χ0) is 49.2. The molecule has 2 unspecified atom stereocenters. The molecular formula is C57H111NO8P+. The van der Waals surface area contributed by atoms with Gasteiger partial charge in [-0.25, -0.2) is 4.57 Å². The van der Waals surface area contributed by atoms with E-state index in [1.54, 1.807) is 0 Å². The average Bonchev–Trinajstić information content (AvgIpc) is 3.29. The van der Waals surface area contributed by atoms with Gasteiger partial charge in [-0.2, -0.15) is 0 Å². The Balaban J connectivity index is 4.11. The van der Waals surface area contributed by atoms with Crippen LogP contribution in [0.2, 0.25) is 0 Å². The van der Waals surface area contributed by atoms with Crippen LogP contribution in [0.5, 0.6) is 0 Å². The van der Waals surface area contributed by atoms with Gasteiger partial charge in [0.25, 0.3) is 0 Å². The summed E-state index contributed by atoms with van der Waals surface area (Å²) in [5.74, 6) is -0.794. The minimum atomic E-state index is -4.38. The van der Waals surface area contributed by atoms with Crippen molar-refractivity contribution < 1.29 is 42.1 Å². The van der Waals surface area contributed by atoms with Crippen LogP contribution in [0.3, 0.4) is 0 Å². The zero-order valence-corrected chi connectivity index (χ0v) is 45.8. The molecule has 0 aromatic heterocycles. The third-order valence-corrected chi connectivity index (χ3v) is 13.7. The van der Waals surface area contributed by atoms with Gasteiger partial charge in [-0.3, -0.25) is 18.6 Å². The molecule has 0 aliphatic carbocycles. The monoisotopic (exact) mass is 969 g/mol. The Labute approximate surface area is 415 Å². The van der Waals surface area contributed by atoms with Gasteiger partial charge < -0.3 is 18.9 Å². The zero-order valence-electron chi connectivity index (χ0n) is 44.9. The van der Waals surface area contributed by atoms with Crippen LogP contribution in [0, 0.1) is 0 Å². The molecule has 1 N–H and O–H groups in total. The van der Waals surface area contributed by atoms with Gasteiger partial charge in [0.2, 0.25) is 0 Å². The summed E-state index contributed by atoms with van der Waals surface area (Å²) in [6.07, 6.45) is 58.2. The first-order chi connectivity index (χ1) is 32.5. The maximum absolute atomic E-state index is 12.8. The van der Waals surface area contributed by atoms with Gasteiger partial charge in [0.1, 0.15) is 19.8 Å². The molecular weight excluding hydrogens is 858 g/mol. The van der Waals surface area contributed by atoms with Crippen LogP contribution in [0.4, 0.5) is 0 Å². The number of likely N-dealkylation sites (N-methyl/N-ethyl adjacent to an activating group) is 1. The fourth-order valence-corrected chi connectivity index (χ4v) is 8.98. The van der Waals surface area contributed by atoms with Gasteiger partial charge in [0.05, 0.1) is 27.7 Å². The van der Waals surface area contributed by atoms with Crippen molar-refractivity contribution >= 4 is 19.8 Å². The highest BCUT2D eigenvalue weighted by atomic mass is 31.2. The van der Waals surface area contributed by atoms with Crippen LogP contribution in [0.25, 0.3) is 0 Å². The van der Waals surface area contributed by atoms with E-state index in [2.05, 4.69) is 38.2 Å². The molecule has 0 amide bonds. The maximum Gasteiger partial charge on any atom is 0.472 e. The predicted molar refractivity (Wildman–Crippen MR) is 284 cm³/mol. The van der Waals surface area contributed by atoms with E-state index in [-0.39, 0.29) is 32.0 Å². The third-order valence-electron chi connectivity index (χ3n) is 12.7. The van der Waals surface area contributed by atoms with E-state index in [1.807, 2.05) is 21.1 Å². The number of nitrogens with zero attached hydrogens (tertiary/aromatic N) is 1. The molecule has 0 saturated carbocycles. The Morgan fingerprint density at radius 3 is 1.10 bits per heavy atom. The second kappa shape index (κ2) is 49.5. The van der Waals surface area contributed by atoms with Crippen molar-refractivity contribution in [3.8, 4) is 0 Å². The molecule has 0 saturated heterocycles. The summed E-state index contributed by atoms with van der Waals surface area (Å²) in [5.41, 5.74) is 0. The number of hydrogen-bond acceptors (Lipinski definition) is 7. The number of esters is 2. The van der Waals surface area contributed by atoms with Gasteiger partial charge in [-0.05, 0) is 64.2 Å². The minimum absolute atomic E-state index is 0.0327. The minimum Gasteiger partial charge on any atom is -0.462 e. The Morgan fingerprint density at radius 2 is 0.761 bits per heavy atom. The molecule has 0 spiro atoms. The largest absolute Gasteiger partial charge is 0.472 e. The van der Waals surface area contributed by atoms with E-state index in [9.17, 15) is 19.0 Å². The van der Waals surface area contributed by atoms with Crippen molar-refractivity contribution in [1.82, 2.24) is 0 Å². The highest BCUT2D eigenvalue weighted by molar-refractivity contribution is 7.47. The Kier molecular flexibility index (Phi) is 48.4. The summed E-state index contributed by atoms with van der Waals surface area (Å²) in [6, 6.07) is 0. The number of ether oxygens (including phenoxy) is 2. The van der Waals surface area contributed by atoms with E-state index in [4.69, 9.17) is 18.5 Å². The fraction of sp³-hybridized carbons (Fsp3) is 0.895. The van der Waals surface area contributed by atoms with Gasteiger partial charge in [0.15, 0.2) is 6.10 Å². The van der Waals surface area contributed by atoms with Crippen molar-refractivity contribution in [1.29, 1.82) is 0 Å². The molecule has 0 rings (SSSR count). The summed E-state index contributed by atoms with van der Waals surface area (Å²) < 4.78 is 34.5. The van der Waals surface area contributed by atoms with Gasteiger partial charge in [-0.15, -0.1) is 0 Å². The summed E-state index contributed by atoms with van der Waals surface area (Å²) >= 11 is 0. The molecule has 0 aromatic carbocycles. The average molecular weight is 969 g/mol. The first-order valence-corrected chi connectivity index (χ1v) is 30.1. The van der Waals surface area contributed by atoms with Gasteiger partial charge in [-0.1, -0.05) is 224 Å². The van der Waals surface area contributed by atoms with Crippen molar-refractivity contribution in [2.75, 3.05) is 47.5 Å². The molecule has 0 aromatic rings. The number of phosphoric ester groups is 1. The van der Waals surface area contributed by atoms with Crippen molar-refractivity contribution in [2.24, 2.45) is 0 Å². The molecule has 67 heavy (non-hydrogen) atoms. The van der Waals surface area contributed by atoms with E-state index in [1.165, 1.54) is 193 Å². The van der Waals surface area contributed by atoms with E-state index >= 15 is 0 Å². The number of carbonyl (C=O) groups excluding carboxylic acids is 2. The maximum atomic E-state index is 12.8. The highest BCUT2D eigenvalue weighted by Gasteiger charge is 2.27. The molecule has 0 aliphatic heterocycles. The van der Waals surface area contributed by atoms with Crippen molar-refractivity contribution in [3.05, 3.63) is 24.3 Å². The second-order valence-electron chi connectivity index (χ2n) is 20.7. The molecule has 0 aliphatic rings. The normalized spacial score (nSPS) is 13.5. The van der Waals surface area contributed by atoms with Gasteiger partial charge in [0, 0.05) is 12.8 Å². The number of phosphoric acid groups is 1. The number of hydrogen-bond donors (Lipinski definition) is 1. The van der Waals surface area contributed by atoms with Crippen LogP contribution in [-0.2, 0) is 32.7 Å².